The van der Waals surface area contributed by atoms with Crippen LogP contribution in [-0.2, 0) is 17.5 Å². The number of hydrogen-bond acceptors (Lipinski definition) is 6. The highest BCUT2D eigenvalue weighted by molar-refractivity contribution is 6.34. The van der Waals surface area contributed by atoms with Gasteiger partial charge in [-0.1, -0.05) is 17.7 Å². The number of morpholine rings is 1. The molecule has 3 aromatic rings. The Hall–Kier alpha value is -3.39. The molecule has 0 aliphatic carbocycles. The number of benzene rings is 1. The molecule has 2 bridgehead atoms. The van der Waals surface area contributed by atoms with Gasteiger partial charge < -0.3 is 18.9 Å². The topological polar surface area (TPSA) is 82.4 Å². The van der Waals surface area contributed by atoms with E-state index < -0.39 is 46.9 Å². The lowest BCUT2D eigenvalue weighted by Gasteiger charge is -2.45. The van der Waals surface area contributed by atoms with Crippen LogP contribution in [0.5, 0.6) is 5.75 Å². The lowest BCUT2D eigenvalue weighted by molar-refractivity contribution is -0.274. The van der Waals surface area contributed by atoms with Crippen molar-refractivity contribution in [3.05, 3.63) is 58.5 Å². The van der Waals surface area contributed by atoms with Crippen molar-refractivity contribution in [1.29, 1.82) is 0 Å². The van der Waals surface area contributed by atoms with Crippen molar-refractivity contribution in [2.75, 3.05) is 13.2 Å². The first-order chi connectivity index (χ1) is 16.9. The summed E-state index contributed by atoms with van der Waals surface area (Å²) in [7, 11) is 0. The zero-order valence-corrected chi connectivity index (χ0v) is 18.6. The summed E-state index contributed by atoms with van der Waals surface area (Å²) in [6.45, 7) is 0.0880. The number of fused-ring (bicyclic) bond motifs is 4. The van der Waals surface area contributed by atoms with E-state index in [2.05, 4.69) is 19.9 Å². The first kappa shape index (κ1) is 24.3. The van der Waals surface area contributed by atoms with E-state index in [4.69, 9.17) is 16.3 Å². The fourth-order valence-electron chi connectivity index (χ4n) is 4.31. The van der Waals surface area contributed by atoms with Gasteiger partial charge in [0.2, 0.25) is 0 Å². The van der Waals surface area contributed by atoms with Crippen LogP contribution in [0.2, 0.25) is 5.02 Å². The highest BCUT2D eigenvalue weighted by Gasteiger charge is 2.45. The van der Waals surface area contributed by atoms with E-state index in [1.807, 2.05) is 0 Å². The Kier molecular flexibility index (Phi) is 5.82. The van der Waals surface area contributed by atoms with E-state index in [9.17, 15) is 31.1 Å². The highest BCUT2D eigenvalue weighted by atomic mass is 35.5. The maximum Gasteiger partial charge on any atom is 0.573 e. The molecule has 2 aliphatic heterocycles. The average molecular weight is 534 g/mol. The number of ether oxygens (including phenoxy) is 2. The molecule has 2 aliphatic rings. The van der Waals surface area contributed by atoms with Gasteiger partial charge in [-0.2, -0.15) is 13.2 Å². The lowest BCUT2D eigenvalue weighted by Crippen LogP contribution is -2.56. The summed E-state index contributed by atoms with van der Waals surface area (Å²) in [5, 5.41) is 7.41. The second-order valence-electron chi connectivity index (χ2n) is 8.00. The fourth-order valence-corrected chi connectivity index (χ4v) is 4.62. The van der Waals surface area contributed by atoms with Crippen LogP contribution in [0.4, 0.5) is 26.3 Å². The summed E-state index contributed by atoms with van der Waals surface area (Å²) < 4.78 is 88.9. The van der Waals surface area contributed by atoms with Crippen molar-refractivity contribution in [3.63, 3.8) is 0 Å². The Labute approximate surface area is 203 Å². The van der Waals surface area contributed by atoms with Crippen LogP contribution in [0, 0.1) is 0 Å². The van der Waals surface area contributed by atoms with Gasteiger partial charge in [0.15, 0.2) is 11.6 Å². The molecule has 1 fully saturated rings. The molecule has 0 unspecified atom stereocenters. The smallest absolute Gasteiger partial charge is 0.406 e. The number of halogens is 7. The van der Waals surface area contributed by atoms with Crippen LogP contribution in [0.3, 0.4) is 0 Å². The molecular weight excluding hydrogens is 520 g/mol. The highest BCUT2D eigenvalue weighted by Crippen LogP contribution is 2.40. The normalized spacial score (nSPS) is 19.7. The second kappa shape index (κ2) is 8.62. The zero-order valence-electron chi connectivity index (χ0n) is 17.8. The Morgan fingerprint density at radius 2 is 1.89 bits per heavy atom. The second-order valence-corrected chi connectivity index (χ2v) is 8.38. The summed E-state index contributed by atoms with van der Waals surface area (Å²) in [6.07, 6.45) is -8.53. The van der Waals surface area contributed by atoms with Gasteiger partial charge in [0.05, 0.1) is 35.4 Å². The molecule has 15 heteroatoms. The van der Waals surface area contributed by atoms with Crippen molar-refractivity contribution in [2.24, 2.45) is 0 Å². The van der Waals surface area contributed by atoms with E-state index in [1.54, 1.807) is 4.57 Å². The number of alkyl halides is 6. The number of rotatable bonds is 3. The minimum Gasteiger partial charge on any atom is -0.406 e. The molecule has 0 saturated carbocycles. The van der Waals surface area contributed by atoms with E-state index >= 15 is 0 Å². The third kappa shape index (κ3) is 4.34. The van der Waals surface area contributed by atoms with E-state index in [0.29, 0.717) is 0 Å². The maximum atomic E-state index is 13.4. The molecule has 0 radical (unpaired) electrons. The zero-order chi connectivity index (χ0) is 25.8. The summed E-state index contributed by atoms with van der Waals surface area (Å²) >= 11 is 5.98. The summed E-state index contributed by atoms with van der Waals surface area (Å²) in [6, 6.07) is 3.71. The number of carbonyl (C=O) groups excluding carboxylic acids is 1. The quantitative estimate of drug-likeness (QED) is 0.461. The van der Waals surface area contributed by atoms with Crippen molar-refractivity contribution in [3.8, 4) is 17.3 Å². The molecule has 36 heavy (non-hydrogen) atoms. The first-order valence-corrected chi connectivity index (χ1v) is 10.7. The largest absolute Gasteiger partial charge is 0.573 e. The summed E-state index contributed by atoms with van der Waals surface area (Å²) in [5.41, 5.74) is -1.41. The van der Waals surface area contributed by atoms with Crippen molar-refractivity contribution in [1.82, 2.24) is 24.6 Å². The van der Waals surface area contributed by atoms with Gasteiger partial charge in [-0.25, -0.2) is 0 Å². The van der Waals surface area contributed by atoms with Crippen LogP contribution >= 0.6 is 11.6 Å². The minimum atomic E-state index is -4.90. The molecule has 2 atom stereocenters. The summed E-state index contributed by atoms with van der Waals surface area (Å²) in [5.74, 6) is -0.862. The molecular formula is C21H14ClF6N5O3. The predicted octanol–water partition coefficient (Wildman–Crippen LogP) is 4.51. The lowest BCUT2D eigenvalue weighted by atomic mass is 10.0. The molecule has 190 valence electrons. The number of carbonyl (C=O) groups is 1. The van der Waals surface area contributed by atoms with Gasteiger partial charge in [-0.3, -0.25) is 9.78 Å². The molecule has 0 N–H and O–H groups in total. The van der Waals surface area contributed by atoms with Gasteiger partial charge in [0, 0.05) is 18.8 Å². The molecule has 0 spiro atoms. The number of pyridine rings is 1. The van der Waals surface area contributed by atoms with Gasteiger partial charge in [0.1, 0.15) is 17.5 Å². The van der Waals surface area contributed by atoms with Gasteiger partial charge in [0.25, 0.3) is 5.91 Å². The Morgan fingerprint density at radius 1 is 1.11 bits per heavy atom. The monoisotopic (exact) mass is 533 g/mol. The van der Waals surface area contributed by atoms with E-state index in [-0.39, 0.29) is 42.7 Å². The van der Waals surface area contributed by atoms with Gasteiger partial charge in [-0.05, 0) is 18.2 Å². The number of amides is 1. The summed E-state index contributed by atoms with van der Waals surface area (Å²) in [4.78, 5) is 18.8. The Morgan fingerprint density at radius 3 is 2.61 bits per heavy atom. The van der Waals surface area contributed by atoms with Crippen LogP contribution in [0.1, 0.15) is 27.8 Å². The van der Waals surface area contributed by atoms with Gasteiger partial charge >= 0.3 is 12.5 Å². The van der Waals surface area contributed by atoms with E-state index in [0.717, 1.165) is 30.5 Å². The van der Waals surface area contributed by atoms with E-state index in [1.165, 1.54) is 11.0 Å². The number of nitrogens with zero attached hydrogens (tertiary/aromatic N) is 5. The number of aromatic nitrogens is 4. The minimum absolute atomic E-state index is 0.0262. The molecule has 4 heterocycles. The first-order valence-electron chi connectivity index (χ1n) is 10.4. The van der Waals surface area contributed by atoms with Crippen LogP contribution < -0.4 is 4.74 Å². The van der Waals surface area contributed by atoms with Crippen LogP contribution in [-0.4, -0.2) is 56.2 Å². The standard InChI is InChI=1S/C21H14ClF6N5O3/c22-16-12(2-1-3-13(16)20(23,24)25)19(34)33-10-7-32-17(30-31-18(32)15(33)9-35-8-10)14-6-11(4-5-29-14)36-21(26,27)28/h1-6,10,15H,7-9H2/t10-,15+/m0/s1. The van der Waals surface area contributed by atoms with Crippen LogP contribution in [0.25, 0.3) is 11.5 Å². The SMILES string of the molecule is O=C(c1cccc(C(F)(F)F)c1Cl)N1[C@@H]2COC[C@@H]1c1nnc(-c3cc(OC(F)(F)F)ccn3)n1C2. The fraction of sp³-hybridized carbons (Fsp3) is 0.333. The molecule has 8 nitrogen and oxygen atoms in total. The number of hydrogen-bond donors (Lipinski definition) is 0. The molecule has 2 aromatic heterocycles. The van der Waals surface area contributed by atoms with Crippen molar-refractivity contribution >= 4 is 17.5 Å². The Bertz CT molecular complexity index is 1330. The molecule has 1 aromatic carbocycles. The van der Waals surface area contributed by atoms with Crippen LogP contribution in [0.15, 0.2) is 36.5 Å². The molecule has 1 saturated heterocycles. The molecule has 5 rings (SSSR count). The molecule has 1 amide bonds. The third-order valence-electron chi connectivity index (χ3n) is 5.75. The van der Waals surface area contributed by atoms with Crippen molar-refractivity contribution in [2.45, 2.75) is 31.2 Å². The average Bonchev–Trinajstić information content (AvgIpc) is 3.20. The third-order valence-corrected chi connectivity index (χ3v) is 6.16. The maximum absolute atomic E-state index is 13.4. The van der Waals surface area contributed by atoms with Gasteiger partial charge in [-0.15, -0.1) is 23.4 Å². The predicted molar refractivity (Wildman–Crippen MR) is 110 cm³/mol. The van der Waals surface area contributed by atoms with Crippen molar-refractivity contribution < 1.29 is 40.6 Å². The Balaban J connectivity index is 1.50.